The molecule has 1 aromatic rings. The lowest BCUT2D eigenvalue weighted by Gasteiger charge is -2.34. The number of hydrogen-bond acceptors (Lipinski definition) is 5. The largest absolute Gasteiger partial charge is 0.359 e. The molecule has 0 bridgehead atoms. The summed E-state index contributed by atoms with van der Waals surface area (Å²) in [4.78, 5) is 26.0. The van der Waals surface area contributed by atoms with Gasteiger partial charge in [-0.3, -0.25) is 9.59 Å². The Kier molecular flexibility index (Phi) is 4.84. The molecule has 2 rings (SSSR count). The van der Waals surface area contributed by atoms with Crippen molar-refractivity contribution in [1.82, 2.24) is 15.4 Å². The van der Waals surface area contributed by atoms with Gasteiger partial charge in [-0.05, 0) is 19.8 Å². The minimum absolute atomic E-state index is 0.0998. The Balaban J connectivity index is 1.96. The first kappa shape index (κ1) is 16.9. The molecule has 1 N–H and O–H groups in total. The van der Waals surface area contributed by atoms with E-state index in [1.54, 1.807) is 11.9 Å². The van der Waals surface area contributed by atoms with Gasteiger partial charge in [0.25, 0.3) is 0 Å². The van der Waals surface area contributed by atoms with Gasteiger partial charge >= 0.3 is 0 Å². The molecule has 1 aliphatic rings. The van der Waals surface area contributed by atoms with Crippen LogP contribution < -0.4 is 5.32 Å². The number of rotatable bonds is 4. The average molecular weight is 325 g/mol. The number of aromatic nitrogens is 1. The highest BCUT2D eigenvalue weighted by molar-refractivity contribution is 8.01. The average Bonchev–Trinajstić information content (AvgIpc) is 2.89. The maximum Gasteiger partial charge on any atom is 0.246 e. The van der Waals surface area contributed by atoms with Crippen LogP contribution in [0.5, 0.6) is 0 Å². The molecule has 22 heavy (non-hydrogen) atoms. The van der Waals surface area contributed by atoms with Crippen LogP contribution in [0.25, 0.3) is 0 Å². The van der Waals surface area contributed by atoms with Gasteiger partial charge in [0.05, 0.1) is 17.0 Å². The predicted molar refractivity (Wildman–Crippen MR) is 85.5 cm³/mol. The highest BCUT2D eigenvalue weighted by Crippen LogP contribution is 2.29. The third-order valence-corrected chi connectivity index (χ3v) is 5.11. The van der Waals surface area contributed by atoms with Crippen molar-refractivity contribution in [3.8, 4) is 0 Å². The van der Waals surface area contributed by atoms with E-state index in [1.807, 2.05) is 33.8 Å². The molecule has 7 heteroatoms. The van der Waals surface area contributed by atoms with Crippen molar-refractivity contribution >= 4 is 23.6 Å². The fraction of sp³-hybridized carbons (Fsp3) is 0.667. The highest BCUT2D eigenvalue weighted by Gasteiger charge is 2.38. The van der Waals surface area contributed by atoms with Gasteiger partial charge in [-0.15, -0.1) is 11.8 Å². The molecular weight excluding hydrogens is 302 g/mol. The van der Waals surface area contributed by atoms with E-state index in [0.717, 1.165) is 5.69 Å². The first-order chi connectivity index (χ1) is 10.2. The molecule has 0 unspecified atom stereocenters. The molecule has 0 saturated carbocycles. The summed E-state index contributed by atoms with van der Waals surface area (Å²) in [5, 5.41) is 6.78. The van der Waals surface area contributed by atoms with Crippen molar-refractivity contribution in [1.29, 1.82) is 0 Å². The molecule has 1 saturated heterocycles. The molecule has 0 aliphatic carbocycles. The lowest BCUT2D eigenvalue weighted by Crippen LogP contribution is -2.57. The van der Waals surface area contributed by atoms with E-state index in [0.29, 0.717) is 18.1 Å². The van der Waals surface area contributed by atoms with Crippen LogP contribution in [0.2, 0.25) is 0 Å². The normalized spacial score (nSPS) is 20.8. The van der Waals surface area contributed by atoms with E-state index < -0.39 is 10.8 Å². The molecule has 0 radical (unpaired) electrons. The highest BCUT2D eigenvalue weighted by atomic mass is 32.2. The minimum atomic E-state index is -0.483. The Bertz CT molecular complexity index is 568. The predicted octanol–water partition coefficient (Wildman–Crippen LogP) is 1.77. The van der Waals surface area contributed by atoms with Gasteiger partial charge in [-0.2, -0.15) is 0 Å². The van der Waals surface area contributed by atoms with E-state index in [-0.39, 0.29) is 17.7 Å². The van der Waals surface area contributed by atoms with Gasteiger partial charge in [0.1, 0.15) is 6.04 Å². The maximum absolute atomic E-state index is 12.4. The maximum atomic E-state index is 12.4. The van der Waals surface area contributed by atoms with Crippen molar-refractivity contribution in [2.24, 2.45) is 0 Å². The summed E-state index contributed by atoms with van der Waals surface area (Å²) in [6, 6.07) is 1.38. The van der Waals surface area contributed by atoms with Crippen LogP contribution in [0.4, 0.5) is 0 Å². The summed E-state index contributed by atoms with van der Waals surface area (Å²) < 4.78 is 4.77. The lowest BCUT2D eigenvalue weighted by molar-refractivity contribution is -0.136. The standard InChI is InChI=1S/C15H23N3O3S/c1-9(2)11-6-10(21-17-11)7-18(5)13(19)12-8-22-15(3,4)14(20)16-12/h6,9,12H,7-8H2,1-5H3,(H,16,20)/t12-/m0/s1. The second-order valence-corrected chi connectivity index (χ2v) is 8.06. The van der Waals surface area contributed by atoms with Crippen molar-refractivity contribution in [2.45, 2.75) is 50.9 Å². The number of nitrogens with zero attached hydrogens (tertiary/aromatic N) is 2. The smallest absolute Gasteiger partial charge is 0.246 e. The zero-order valence-corrected chi connectivity index (χ0v) is 14.5. The summed E-state index contributed by atoms with van der Waals surface area (Å²) in [5.41, 5.74) is 0.874. The van der Waals surface area contributed by atoms with E-state index in [1.165, 1.54) is 11.8 Å². The van der Waals surface area contributed by atoms with Crippen LogP contribution in [0.1, 0.15) is 45.1 Å². The molecule has 1 aliphatic heterocycles. The number of hydrogen-bond donors (Lipinski definition) is 1. The number of amides is 2. The zero-order valence-electron chi connectivity index (χ0n) is 13.7. The first-order valence-corrected chi connectivity index (χ1v) is 8.34. The van der Waals surface area contributed by atoms with E-state index in [4.69, 9.17) is 4.52 Å². The Morgan fingerprint density at radius 2 is 2.27 bits per heavy atom. The molecule has 6 nitrogen and oxygen atoms in total. The van der Waals surface area contributed by atoms with Crippen molar-refractivity contribution in [3.63, 3.8) is 0 Å². The molecular formula is C15H23N3O3S. The topological polar surface area (TPSA) is 75.4 Å². The molecule has 2 heterocycles. The van der Waals surface area contributed by atoms with Gasteiger partial charge < -0.3 is 14.7 Å². The van der Waals surface area contributed by atoms with Crippen molar-refractivity contribution < 1.29 is 14.1 Å². The van der Waals surface area contributed by atoms with Gasteiger partial charge in [0, 0.05) is 18.9 Å². The number of carbonyl (C=O) groups excluding carboxylic acids is 2. The van der Waals surface area contributed by atoms with Crippen LogP contribution in [0.3, 0.4) is 0 Å². The van der Waals surface area contributed by atoms with Crippen LogP contribution in [-0.4, -0.2) is 45.5 Å². The van der Waals surface area contributed by atoms with Crippen LogP contribution in [-0.2, 0) is 16.1 Å². The minimum Gasteiger partial charge on any atom is -0.359 e. The molecule has 0 spiro atoms. The van der Waals surface area contributed by atoms with E-state index in [9.17, 15) is 9.59 Å². The summed E-state index contributed by atoms with van der Waals surface area (Å²) in [6.07, 6.45) is 0. The Labute approximate surface area is 135 Å². The number of nitrogens with one attached hydrogen (secondary N) is 1. The quantitative estimate of drug-likeness (QED) is 0.913. The lowest BCUT2D eigenvalue weighted by atomic mass is 10.1. The number of carbonyl (C=O) groups is 2. The third kappa shape index (κ3) is 3.63. The summed E-state index contributed by atoms with van der Waals surface area (Å²) in [6.45, 7) is 8.14. The Morgan fingerprint density at radius 3 is 2.82 bits per heavy atom. The van der Waals surface area contributed by atoms with Gasteiger partial charge in [0.15, 0.2) is 5.76 Å². The molecule has 1 aromatic heterocycles. The monoisotopic (exact) mass is 325 g/mol. The summed E-state index contributed by atoms with van der Waals surface area (Å²) in [7, 11) is 1.70. The molecule has 0 aromatic carbocycles. The van der Waals surface area contributed by atoms with Crippen LogP contribution in [0.15, 0.2) is 10.6 Å². The van der Waals surface area contributed by atoms with Gasteiger partial charge in [0.2, 0.25) is 11.8 Å². The second-order valence-electron chi connectivity index (χ2n) is 6.41. The van der Waals surface area contributed by atoms with Gasteiger partial charge in [-0.25, -0.2) is 0 Å². The number of likely N-dealkylation sites (N-methyl/N-ethyl adjacent to an activating group) is 1. The van der Waals surface area contributed by atoms with Crippen LogP contribution in [0, 0.1) is 0 Å². The van der Waals surface area contributed by atoms with Crippen molar-refractivity contribution in [2.75, 3.05) is 12.8 Å². The number of thioether (sulfide) groups is 1. The molecule has 1 fully saturated rings. The summed E-state index contributed by atoms with van der Waals surface area (Å²) in [5.74, 6) is 1.30. The Hall–Kier alpha value is -1.50. The Morgan fingerprint density at radius 1 is 1.59 bits per heavy atom. The fourth-order valence-electron chi connectivity index (χ4n) is 2.12. The molecule has 122 valence electrons. The van der Waals surface area contributed by atoms with E-state index in [2.05, 4.69) is 10.5 Å². The van der Waals surface area contributed by atoms with Crippen molar-refractivity contribution in [3.05, 3.63) is 17.5 Å². The fourth-order valence-corrected chi connectivity index (χ4v) is 3.12. The van der Waals surface area contributed by atoms with Gasteiger partial charge in [-0.1, -0.05) is 19.0 Å². The summed E-state index contributed by atoms with van der Waals surface area (Å²) >= 11 is 1.50. The zero-order chi connectivity index (χ0) is 16.5. The van der Waals surface area contributed by atoms with Crippen LogP contribution >= 0.6 is 11.8 Å². The SMILES string of the molecule is CC(C)c1cc(CN(C)C(=O)[C@@H]2CSC(C)(C)C(=O)N2)on1. The second kappa shape index (κ2) is 6.32. The molecule has 1 atom stereocenters. The molecule has 2 amide bonds. The van der Waals surface area contributed by atoms with E-state index >= 15 is 0 Å². The first-order valence-electron chi connectivity index (χ1n) is 7.36. The third-order valence-electron chi connectivity index (χ3n) is 3.70.